The molecule has 18 heavy (non-hydrogen) atoms. The number of amides is 1. The Balaban J connectivity index is 2.88. The summed E-state index contributed by atoms with van der Waals surface area (Å²) < 4.78 is 36.8. The van der Waals surface area contributed by atoms with Crippen LogP contribution in [0.15, 0.2) is 12.1 Å². The van der Waals surface area contributed by atoms with Gasteiger partial charge in [-0.05, 0) is 12.1 Å². The predicted molar refractivity (Wildman–Crippen MR) is 55.9 cm³/mol. The number of rotatable bonds is 5. The van der Waals surface area contributed by atoms with E-state index in [4.69, 9.17) is 10.8 Å². The fourth-order valence-corrected chi connectivity index (χ4v) is 1.24. The number of nitrogens with two attached hydrogens (primary N) is 1. The zero-order valence-electron chi connectivity index (χ0n) is 9.18. The highest BCUT2D eigenvalue weighted by Gasteiger charge is 2.31. The molecule has 100 valence electrons. The summed E-state index contributed by atoms with van der Waals surface area (Å²) in [5.74, 6) is -0.912. The molecule has 1 rings (SSSR count). The summed E-state index contributed by atoms with van der Waals surface area (Å²) in [6, 6.07) is 2.36. The SMILES string of the molecule is NC(=O)c1ccc(N(CCO)CC(F)(F)F)nn1. The molecule has 0 unspecified atom stereocenters. The van der Waals surface area contributed by atoms with E-state index >= 15 is 0 Å². The number of carbonyl (C=O) groups is 1. The van der Waals surface area contributed by atoms with Crippen LogP contribution in [0.25, 0.3) is 0 Å². The Labute approximate surface area is 100 Å². The van der Waals surface area contributed by atoms with Crippen LogP contribution in [-0.4, -0.2) is 47.1 Å². The van der Waals surface area contributed by atoms with Crippen molar-refractivity contribution in [2.45, 2.75) is 6.18 Å². The van der Waals surface area contributed by atoms with Gasteiger partial charge in [-0.2, -0.15) is 13.2 Å². The molecule has 9 heteroatoms. The van der Waals surface area contributed by atoms with Gasteiger partial charge in [0, 0.05) is 6.54 Å². The highest BCUT2D eigenvalue weighted by atomic mass is 19.4. The van der Waals surface area contributed by atoms with E-state index in [0.717, 1.165) is 4.90 Å². The normalized spacial score (nSPS) is 11.3. The maximum Gasteiger partial charge on any atom is 0.405 e. The molecular weight excluding hydrogens is 253 g/mol. The van der Waals surface area contributed by atoms with E-state index in [2.05, 4.69) is 10.2 Å². The zero-order chi connectivity index (χ0) is 13.8. The van der Waals surface area contributed by atoms with Crippen molar-refractivity contribution in [3.8, 4) is 0 Å². The third kappa shape index (κ3) is 4.17. The largest absolute Gasteiger partial charge is 0.405 e. The Morgan fingerprint density at radius 2 is 2.06 bits per heavy atom. The Kier molecular flexibility index (Phi) is 4.43. The van der Waals surface area contributed by atoms with Crippen molar-refractivity contribution in [2.24, 2.45) is 5.73 Å². The van der Waals surface area contributed by atoms with E-state index in [-0.39, 0.29) is 18.1 Å². The molecule has 0 saturated carbocycles. The molecular formula is C9H11F3N4O2. The number of aromatic nitrogens is 2. The number of halogens is 3. The third-order valence-electron chi connectivity index (χ3n) is 1.97. The number of aliphatic hydroxyl groups is 1. The van der Waals surface area contributed by atoms with Gasteiger partial charge in [-0.25, -0.2) is 0 Å². The van der Waals surface area contributed by atoms with Crippen LogP contribution in [0.3, 0.4) is 0 Å². The molecule has 1 aromatic rings. The van der Waals surface area contributed by atoms with E-state index in [9.17, 15) is 18.0 Å². The lowest BCUT2D eigenvalue weighted by Gasteiger charge is -2.23. The molecule has 0 bridgehead atoms. The van der Waals surface area contributed by atoms with Crippen molar-refractivity contribution in [1.29, 1.82) is 0 Å². The van der Waals surface area contributed by atoms with Crippen LogP contribution in [0.4, 0.5) is 19.0 Å². The fourth-order valence-electron chi connectivity index (χ4n) is 1.24. The number of carbonyl (C=O) groups excluding carboxylic acids is 1. The number of hydrogen-bond donors (Lipinski definition) is 2. The average Bonchev–Trinajstić information content (AvgIpc) is 2.27. The van der Waals surface area contributed by atoms with Gasteiger partial charge in [-0.15, -0.1) is 10.2 Å². The van der Waals surface area contributed by atoms with E-state index < -0.39 is 25.2 Å². The first kappa shape index (κ1) is 14.2. The quantitative estimate of drug-likeness (QED) is 0.777. The predicted octanol–water partition coefficient (Wildman–Crippen LogP) is -0.0635. The smallest absolute Gasteiger partial charge is 0.395 e. The lowest BCUT2D eigenvalue weighted by Crippen LogP contribution is -2.37. The zero-order valence-corrected chi connectivity index (χ0v) is 9.18. The second-order valence-corrected chi connectivity index (χ2v) is 3.40. The van der Waals surface area contributed by atoms with E-state index in [0.29, 0.717) is 0 Å². The first-order chi connectivity index (χ1) is 8.33. The van der Waals surface area contributed by atoms with Crippen LogP contribution in [0.5, 0.6) is 0 Å². The first-order valence-corrected chi connectivity index (χ1v) is 4.89. The molecule has 0 atom stereocenters. The minimum Gasteiger partial charge on any atom is -0.395 e. The molecule has 0 saturated heterocycles. The van der Waals surface area contributed by atoms with Gasteiger partial charge >= 0.3 is 6.18 Å². The average molecular weight is 264 g/mol. The molecule has 1 heterocycles. The maximum atomic E-state index is 12.3. The van der Waals surface area contributed by atoms with Crippen LogP contribution in [0, 0.1) is 0 Å². The summed E-state index contributed by atoms with van der Waals surface area (Å²) in [4.78, 5) is 11.5. The summed E-state index contributed by atoms with van der Waals surface area (Å²) in [5, 5.41) is 15.6. The Bertz CT molecular complexity index is 407. The number of hydrogen-bond acceptors (Lipinski definition) is 5. The van der Waals surface area contributed by atoms with Gasteiger partial charge in [-0.1, -0.05) is 0 Å². The lowest BCUT2D eigenvalue weighted by molar-refractivity contribution is -0.120. The highest BCUT2D eigenvalue weighted by molar-refractivity contribution is 5.90. The number of aliphatic hydroxyl groups excluding tert-OH is 1. The van der Waals surface area contributed by atoms with Crippen molar-refractivity contribution >= 4 is 11.7 Å². The van der Waals surface area contributed by atoms with Gasteiger partial charge in [0.15, 0.2) is 11.5 Å². The Hall–Kier alpha value is -1.90. The van der Waals surface area contributed by atoms with Crippen molar-refractivity contribution in [3.63, 3.8) is 0 Å². The summed E-state index contributed by atoms with van der Waals surface area (Å²) in [6.45, 7) is -1.97. The standard InChI is InChI=1S/C9H11F3N4O2/c10-9(11,12)5-16(3-4-17)7-2-1-6(8(13)18)14-15-7/h1-2,17H,3-5H2,(H2,13,18). The van der Waals surface area contributed by atoms with Gasteiger partial charge in [0.25, 0.3) is 5.91 Å². The van der Waals surface area contributed by atoms with Gasteiger partial charge in [0.1, 0.15) is 6.54 Å². The minimum atomic E-state index is -4.43. The van der Waals surface area contributed by atoms with Crippen molar-refractivity contribution in [1.82, 2.24) is 10.2 Å². The summed E-state index contributed by atoms with van der Waals surface area (Å²) in [7, 11) is 0. The number of primary amides is 1. The molecule has 0 radical (unpaired) electrons. The van der Waals surface area contributed by atoms with Crippen LogP contribution >= 0.6 is 0 Å². The Morgan fingerprint density at radius 1 is 1.39 bits per heavy atom. The fraction of sp³-hybridized carbons (Fsp3) is 0.444. The lowest BCUT2D eigenvalue weighted by atomic mass is 10.3. The van der Waals surface area contributed by atoms with E-state index in [1.54, 1.807) is 0 Å². The molecule has 6 nitrogen and oxygen atoms in total. The molecule has 1 amide bonds. The second kappa shape index (κ2) is 5.63. The van der Waals surface area contributed by atoms with Gasteiger partial charge < -0.3 is 15.7 Å². The highest BCUT2D eigenvalue weighted by Crippen LogP contribution is 2.19. The number of alkyl halides is 3. The topological polar surface area (TPSA) is 92.3 Å². The van der Waals surface area contributed by atoms with E-state index in [1.807, 2.05) is 0 Å². The second-order valence-electron chi connectivity index (χ2n) is 3.40. The van der Waals surface area contributed by atoms with Gasteiger partial charge in [0.2, 0.25) is 0 Å². The van der Waals surface area contributed by atoms with Crippen LogP contribution in [-0.2, 0) is 0 Å². The van der Waals surface area contributed by atoms with Crippen molar-refractivity contribution in [2.75, 3.05) is 24.6 Å². The molecule has 0 aliphatic heterocycles. The summed E-state index contributed by atoms with van der Waals surface area (Å²) in [5.41, 5.74) is 4.78. The van der Waals surface area contributed by atoms with E-state index in [1.165, 1.54) is 12.1 Å². The van der Waals surface area contributed by atoms with Crippen molar-refractivity contribution < 1.29 is 23.1 Å². The molecule has 0 aromatic carbocycles. The van der Waals surface area contributed by atoms with Crippen LogP contribution in [0.2, 0.25) is 0 Å². The Morgan fingerprint density at radius 3 is 2.44 bits per heavy atom. The maximum absolute atomic E-state index is 12.3. The van der Waals surface area contributed by atoms with Gasteiger partial charge in [-0.3, -0.25) is 4.79 Å². The third-order valence-corrected chi connectivity index (χ3v) is 1.97. The summed E-state index contributed by atoms with van der Waals surface area (Å²) >= 11 is 0. The molecule has 0 fully saturated rings. The van der Waals surface area contributed by atoms with Gasteiger partial charge in [0.05, 0.1) is 6.61 Å². The molecule has 3 N–H and O–H groups in total. The monoisotopic (exact) mass is 264 g/mol. The molecule has 0 aliphatic rings. The molecule has 0 aliphatic carbocycles. The summed E-state index contributed by atoms with van der Waals surface area (Å²) in [6.07, 6.45) is -4.43. The number of anilines is 1. The molecule has 1 aromatic heterocycles. The van der Waals surface area contributed by atoms with Crippen LogP contribution < -0.4 is 10.6 Å². The molecule has 0 spiro atoms. The number of nitrogens with zero attached hydrogens (tertiary/aromatic N) is 3. The minimum absolute atomic E-state index is 0.0913. The van der Waals surface area contributed by atoms with Crippen molar-refractivity contribution in [3.05, 3.63) is 17.8 Å². The van der Waals surface area contributed by atoms with Crippen LogP contribution in [0.1, 0.15) is 10.5 Å². The first-order valence-electron chi connectivity index (χ1n) is 4.89.